The average molecular weight is 326 g/mol. The van der Waals surface area contributed by atoms with Crippen LogP contribution < -0.4 is 0 Å². The fourth-order valence-electron chi connectivity index (χ4n) is 2.79. The lowest BCUT2D eigenvalue weighted by atomic mass is 10.1. The van der Waals surface area contributed by atoms with Crippen LogP contribution in [0.3, 0.4) is 0 Å². The highest BCUT2D eigenvalue weighted by atomic mass is 19.2. The van der Waals surface area contributed by atoms with Crippen LogP contribution in [0.1, 0.15) is 31.4 Å². The fraction of sp³-hybridized carbons (Fsp3) is 0.500. The van der Waals surface area contributed by atoms with E-state index >= 15 is 0 Å². The van der Waals surface area contributed by atoms with E-state index in [1.807, 2.05) is 0 Å². The highest BCUT2D eigenvalue weighted by Gasteiger charge is 2.32. The Labute approximate surface area is 133 Å². The number of carbonyl (C=O) groups excluding carboxylic acids is 1. The van der Waals surface area contributed by atoms with Gasteiger partial charge in [-0.2, -0.15) is 0 Å². The van der Waals surface area contributed by atoms with Gasteiger partial charge in [-0.15, -0.1) is 0 Å². The quantitative estimate of drug-likeness (QED) is 0.899. The van der Waals surface area contributed by atoms with Gasteiger partial charge in [0.2, 0.25) is 5.91 Å². The van der Waals surface area contributed by atoms with Crippen LogP contribution >= 0.6 is 0 Å². The van der Waals surface area contributed by atoms with E-state index < -0.39 is 29.7 Å². The molecule has 0 aromatic heterocycles. The highest BCUT2D eigenvalue weighted by molar-refractivity contribution is 5.80. The largest absolute Gasteiger partial charge is 0.480 e. The van der Waals surface area contributed by atoms with Crippen LogP contribution in [0.25, 0.3) is 0 Å². The second kappa shape index (κ2) is 7.04. The first kappa shape index (κ1) is 17.3. The molecule has 1 aliphatic heterocycles. The van der Waals surface area contributed by atoms with E-state index in [-0.39, 0.29) is 12.5 Å². The topological polar surface area (TPSA) is 60.9 Å². The average Bonchev–Trinajstić information content (AvgIpc) is 2.96. The van der Waals surface area contributed by atoms with Crippen molar-refractivity contribution in [2.75, 3.05) is 20.1 Å². The SMILES string of the molecule is C[C@H](c1ccc(F)c(F)c1)N(C)C(=O)CN1CCC[C@H]1C(=O)O. The maximum atomic E-state index is 13.3. The Morgan fingerprint density at radius 3 is 2.70 bits per heavy atom. The number of carboxylic acids is 1. The summed E-state index contributed by atoms with van der Waals surface area (Å²) >= 11 is 0. The van der Waals surface area contributed by atoms with Gasteiger partial charge < -0.3 is 10.0 Å². The van der Waals surface area contributed by atoms with Crippen molar-refractivity contribution in [1.29, 1.82) is 0 Å². The predicted octanol–water partition coefficient (Wildman–Crippen LogP) is 2.03. The molecule has 5 nitrogen and oxygen atoms in total. The molecule has 0 saturated carbocycles. The first-order chi connectivity index (χ1) is 10.8. The van der Waals surface area contributed by atoms with E-state index in [1.54, 1.807) is 18.9 Å². The molecular formula is C16H20F2N2O3. The van der Waals surface area contributed by atoms with Gasteiger partial charge in [0.15, 0.2) is 11.6 Å². The lowest BCUT2D eigenvalue weighted by Crippen LogP contribution is -2.44. The molecule has 0 unspecified atom stereocenters. The van der Waals surface area contributed by atoms with Crippen molar-refractivity contribution in [1.82, 2.24) is 9.80 Å². The number of carbonyl (C=O) groups is 2. The molecule has 2 rings (SSSR count). The molecule has 0 spiro atoms. The van der Waals surface area contributed by atoms with E-state index in [9.17, 15) is 18.4 Å². The molecule has 1 fully saturated rings. The van der Waals surface area contributed by atoms with Gasteiger partial charge in [-0.1, -0.05) is 6.07 Å². The smallest absolute Gasteiger partial charge is 0.320 e. The van der Waals surface area contributed by atoms with Crippen molar-refractivity contribution >= 4 is 11.9 Å². The molecule has 23 heavy (non-hydrogen) atoms. The number of benzene rings is 1. The van der Waals surface area contributed by atoms with E-state index in [0.717, 1.165) is 18.6 Å². The zero-order valence-corrected chi connectivity index (χ0v) is 13.1. The Balaban J connectivity index is 2.03. The minimum Gasteiger partial charge on any atom is -0.480 e. The number of hydrogen-bond acceptors (Lipinski definition) is 3. The van der Waals surface area contributed by atoms with Crippen molar-refractivity contribution in [2.45, 2.75) is 31.8 Å². The summed E-state index contributed by atoms with van der Waals surface area (Å²) < 4.78 is 26.3. The van der Waals surface area contributed by atoms with Crippen LogP contribution in [0.4, 0.5) is 8.78 Å². The second-order valence-electron chi connectivity index (χ2n) is 5.82. The van der Waals surface area contributed by atoms with Gasteiger partial charge in [0.05, 0.1) is 12.6 Å². The van der Waals surface area contributed by atoms with E-state index in [2.05, 4.69) is 0 Å². The number of likely N-dealkylation sites (N-methyl/N-ethyl adjacent to an activating group) is 1. The third kappa shape index (κ3) is 3.85. The normalized spacial score (nSPS) is 19.6. The third-order valence-electron chi connectivity index (χ3n) is 4.39. The lowest BCUT2D eigenvalue weighted by molar-refractivity contribution is -0.143. The monoisotopic (exact) mass is 326 g/mol. The van der Waals surface area contributed by atoms with Crippen molar-refractivity contribution in [3.63, 3.8) is 0 Å². The molecule has 1 amide bonds. The summed E-state index contributed by atoms with van der Waals surface area (Å²) in [5, 5.41) is 9.14. The van der Waals surface area contributed by atoms with Crippen LogP contribution in [0.15, 0.2) is 18.2 Å². The Bertz CT molecular complexity index is 609. The van der Waals surface area contributed by atoms with Crippen LogP contribution in [-0.4, -0.2) is 53.0 Å². The van der Waals surface area contributed by atoms with Crippen molar-refractivity contribution in [2.24, 2.45) is 0 Å². The third-order valence-corrected chi connectivity index (χ3v) is 4.39. The van der Waals surface area contributed by atoms with E-state index in [4.69, 9.17) is 5.11 Å². The summed E-state index contributed by atoms with van der Waals surface area (Å²) in [7, 11) is 1.57. The summed E-state index contributed by atoms with van der Waals surface area (Å²) in [6.07, 6.45) is 1.28. The van der Waals surface area contributed by atoms with Crippen LogP contribution in [0.5, 0.6) is 0 Å². The molecule has 0 aliphatic carbocycles. The van der Waals surface area contributed by atoms with Crippen LogP contribution in [0.2, 0.25) is 0 Å². The summed E-state index contributed by atoms with van der Waals surface area (Å²) in [4.78, 5) is 26.6. The maximum absolute atomic E-state index is 13.3. The number of hydrogen-bond donors (Lipinski definition) is 1. The van der Waals surface area contributed by atoms with E-state index in [0.29, 0.717) is 18.5 Å². The number of carboxylic acid groups (broad SMARTS) is 1. The maximum Gasteiger partial charge on any atom is 0.320 e. The predicted molar refractivity (Wildman–Crippen MR) is 79.8 cm³/mol. The van der Waals surface area contributed by atoms with Gasteiger partial charge in [0.1, 0.15) is 6.04 Å². The zero-order valence-electron chi connectivity index (χ0n) is 13.1. The number of halogens is 2. The van der Waals surface area contributed by atoms with Gasteiger partial charge >= 0.3 is 5.97 Å². The van der Waals surface area contributed by atoms with Gasteiger partial charge in [-0.05, 0) is 44.0 Å². The summed E-state index contributed by atoms with van der Waals surface area (Å²) in [5.41, 5.74) is 0.482. The van der Waals surface area contributed by atoms with Crippen molar-refractivity contribution in [3.8, 4) is 0 Å². The number of likely N-dealkylation sites (tertiary alicyclic amines) is 1. The molecule has 0 bridgehead atoms. The van der Waals surface area contributed by atoms with Gasteiger partial charge in [-0.25, -0.2) is 8.78 Å². The Hall–Kier alpha value is -2.02. The molecular weight excluding hydrogens is 306 g/mol. The summed E-state index contributed by atoms with van der Waals surface area (Å²) in [6.45, 7) is 2.28. The second-order valence-corrected chi connectivity index (χ2v) is 5.82. The molecule has 1 aliphatic rings. The van der Waals surface area contributed by atoms with Crippen molar-refractivity contribution in [3.05, 3.63) is 35.4 Å². The molecule has 126 valence electrons. The number of aliphatic carboxylic acids is 1. The van der Waals surface area contributed by atoms with Gasteiger partial charge in [-0.3, -0.25) is 14.5 Å². The molecule has 1 N–H and O–H groups in total. The Kier molecular flexibility index (Phi) is 5.30. The zero-order chi connectivity index (χ0) is 17.1. The lowest BCUT2D eigenvalue weighted by Gasteiger charge is -2.28. The molecule has 2 atom stereocenters. The molecule has 1 aromatic rings. The van der Waals surface area contributed by atoms with Gasteiger partial charge in [0, 0.05) is 7.05 Å². The van der Waals surface area contributed by atoms with E-state index in [1.165, 1.54) is 11.0 Å². The first-order valence-electron chi connectivity index (χ1n) is 7.48. The Morgan fingerprint density at radius 2 is 2.09 bits per heavy atom. The van der Waals surface area contributed by atoms with Crippen molar-refractivity contribution < 1.29 is 23.5 Å². The standard InChI is InChI=1S/C16H20F2N2O3/c1-10(11-5-6-12(17)13(18)8-11)19(2)15(21)9-20-7-3-4-14(20)16(22)23/h5-6,8,10,14H,3-4,7,9H2,1-2H3,(H,22,23)/t10-,14+/m1/s1. The summed E-state index contributed by atoms with van der Waals surface area (Å²) in [5.74, 6) is -3.07. The minimum atomic E-state index is -0.958. The number of nitrogens with zero attached hydrogens (tertiary/aromatic N) is 2. The first-order valence-corrected chi connectivity index (χ1v) is 7.48. The molecule has 7 heteroatoms. The molecule has 1 heterocycles. The van der Waals surface area contributed by atoms with Crippen LogP contribution in [-0.2, 0) is 9.59 Å². The molecule has 1 saturated heterocycles. The Morgan fingerprint density at radius 1 is 1.39 bits per heavy atom. The highest BCUT2D eigenvalue weighted by Crippen LogP contribution is 2.22. The molecule has 0 radical (unpaired) electrons. The molecule has 1 aromatic carbocycles. The minimum absolute atomic E-state index is 0.00147. The number of rotatable bonds is 5. The fourth-order valence-corrected chi connectivity index (χ4v) is 2.79. The van der Waals surface area contributed by atoms with Crippen LogP contribution in [0, 0.1) is 11.6 Å². The van der Waals surface area contributed by atoms with Gasteiger partial charge in [0.25, 0.3) is 0 Å². The summed E-state index contributed by atoms with van der Waals surface area (Å²) in [6, 6.07) is 2.46. The number of amides is 1.